The molecule has 0 saturated carbocycles. The van der Waals surface area contributed by atoms with Crippen molar-refractivity contribution in [2.45, 2.75) is 508 Å². The van der Waals surface area contributed by atoms with Crippen LogP contribution in [0.15, 0.2) is 24.3 Å². The lowest BCUT2D eigenvalue weighted by Gasteiger charge is -2.22. The molecule has 0 aliphatic heterocycles. The van der Waals surface area contributed by atoms with Crippen LogP contribution in [0.2, 0.25) is 0 Å². The predicted octanol–water partition coefficient (Wildman–Crippen LogP) is 28.8. The van der Waals surface area contributed by atoms with Crippen molar-refractivity contribution in [2.75, 3.05) is 13.2 Å². The molecule has 6 heteroatoms. The minimum absolute atomic E-state index is 0.0103. The Balaban J connectivity index is 3.30. The number of unbranched alkanes of at least 4 members (excludes halogenated alkanes) is 67. The zero-order valence-corrected chi connectivity index (χ0v) is 63.5. The van der Waals surface area contributed by atoms with Gasteiger partial charge in [0, 0.05) is 12.8 Å². The van der Waals surface area contributed by atoms with Crippen LogP contribution in [-0.2, 0) is 14.3 Å². The SMILES string of the molecule is CCCC/C=C\C/C=C\CCCCCCCC(=O)OCCCCCCCCCCCCCCCCCCCCCCCCCCCCCCCCCCCCCCCCCC(=O)NC(CO)C(O)CCCCCCCCCCCCCCCCCCCCCCCCC. The number of amides is 1. The molecule has 0 aromatic rings. The van der Waals surface area contributed by atoms with Crippen LogP contribution in [0.5, 0.6) is 0 Å². The number of rotatable bonds is 82. The Morgan fingerprint density at radius 1 is 0.301 bits per heavy atom. The van der Waals surface area contributed by atoms with Crippen LogP contribution in [0, 0.1) is 0 Å². The molecule has 0 fully saturated rings. The zero-order chi connectivity index (χ0) is 67.0. The second-order valence-electron chi connectivity index (χ2n) is 29.9. The van der Waals surface area contributed by atoms with Crippen molar-refractivity contribution < 1.29 is 24.5 Å². The van der Waals surface area contributed by atoms with Gasteiger partial charge in [0.15, 0.2) is 0 Å². The quantitative estimate of drug-likeness (QED) is 0.0320. The molecule has 2 unspecified atom stereocenters. The van der Waals surface area contributed by atoms with Gasteiger partial charge in [0.1, 0.15) is 0 Å². The van der Waals surface area contributed by atoms with Crippen LogP contribution in [0.25, 0.3) is 0 Å². The molecule has 0 bridgehead atoms. The van der Waals surface area contributed by atoms with E-state index in [0.717, 1.165) is 51.4 Å². The number of carbonyl (C=O) groups is 2. The summed E-state index contributed by atoms with van der Waals surface area (Å²) in [6.45, 7) is 4.97. The number of hydrogen-bond acceptors (Lipinski definition) is 5. The average Bonchev–Trinajstić information content (AvgIpc) is 3.78. The summed E-state index contributed by atoms with van der Waals surface area (Å²) in [5, 5.41) is 23.5. The Labute approximate surface area is 583 Å². The lowest BCUT2D eigenvalue weighted by atomic mass is 10.0. The van der Waals surface area contributed by atoms with Crippen molar-refractivity contribution in [3.8, 4) is 0 Å². The van der Waals surface area contributed by atoms with E-state index in [1.807, 2.05) is 0 Å². The molecule has 0 aromatic heterocycles. The van der Waals surface area contributed by atoms with Gasteiger partial charge in [0.2, 0.25) is 5.91 Å². The highest BCUT2D eigenvalue weighted by molar-refractivity contribution is 5.76. The van der Waals surface area contributed by atoms with E-state index in [1.165, 1.54) is 411 Å². The molecule has 1 amide bonds. The van der Waals surface area contributed by atoms with E-state index in [1.54, 1.807) is 0 Å². The number of carbonyl (C=O) groups excluding carboxylic acids is 2. The van der Waals surface area contributed by atoms with E-state index in [4.69, 9.17) is 4.74 Å². The van der Waals surface area contributed by atoms with E-state index < -0.39 is 12.1 Å². The number of aliphatic hydroxyl groups is 2. The normalized spacial score (nSPS) is 12.5. The Bertz CT molecular complexity index is 1460. The number of allylic oxidation sites excluding steroid dienone is 4. The Morgan fingerprint density at radius 2 is 0.548 bits per heavy atom. The van der Waals surface area contributed by atoms with Gasteiger partial charge < -0.3 is 20.3 Å². The topological polar surface area (TPSA) is 95.9 Å². The molecule has 552 valence electrons. The van der Waals surface area contributed by atoms with Gasteiger partial charge in [-0.15, -0.1) is 0 Å². The number of hydrogen-bond donors (Lipinski definition) is 3. The van der Waals surface area contributed by atoms with Crippen LogP contribution in [0.3, 0.4) is 0 Å². The lowest BCUT2D eigenvalue weighted by Crippen LogP contribution is -2.45. The fourth-order valence-electron chi connectivity index (χ4n) is 14.0. The molecule has 0 aliphatic carbocycles. The Hall–Kier alpha value is -1.66. The van der Waals surface area contributed by atoms with Gasteiger partial charge in [0.05, 0.1) is 25.4 Å². The van der Waals surface area contributed by atoms with Gasteiger partial charge in [-0.05, 0) is 51.4 Å². The first kappa shape index (κ1) is 91.3. The van der Waals surface area contributed by atoms with Crippen molar-refractivity contribution in [2.24, 2.45) is 0 Å². The van der Waals surface area contributed by atoms with Gasteiger partial charge in [-0.2, -0.15) is 0 Å². The molecule has 0 aliphatic rings. The van der Waals surface area contributed by atoms with Crippen molar-refractivity contribution in [1.29, 1.82) is 0 Å². The van der Waals surface area contributed by atoms with Gasteiger partial charge in [-0.1, -0.05) is 456 Å². The summed E-state index contributed by atoms with van der Waals surface area (Å²) >= 11 is 0. The average molecular weight is 1310 g/mol. The zero-order valence-electron chi connectivity index (χ0n) is 63.5. The number of nitrogens with one attached hydrogen (secondary N) is 1. The monoisotopic (exact) mass is 1310 g/mol. The summed E-state index contributed by atoms with van der Waals surface area (Å²) in [4.78, 5) is 24.7. The number of ether oxygens (including phenoxy) is 1. The Morgan fingerprint density at radius 3 is 0.849 bits per heavy atom. The lowest BCUT2D eigenvalue weighted by molar-refractivity contribution is -0.143. The van der Waals surface area contributed by atoms with Crippen LogP contribution in [0.4, 0.5) is 0 Å². The van der Waals surface area contributed by atoms with Crippen molar-refractivity contribution in [3.63, 3.8) is 0 Å². The van der Waals surface area contributed by atoms with Crippen molar-refractivity contribution >= 4 is 11.9 Å². The van der Waals surface area contributed by atoms with E-state index >= 15 is 0 Å². The summed E-state index contributed by atoms with van der Waals surface area (Å²) in [7, 11) is 0. The van der Waals surface area contributed by atoms with Crippen LogP contribution in [0.1, 0.15) is 495 Å². The third kappa shape index (κ3) is 79.2. The number of esters is 1. The molecule has 0 radical (unpaired) electrons. The third-order valence-corrected chi connectivity index (χ3v) is 20.5. The largest absolute Gasteiger partial charge is 0.466 e. The minimum Gasteiger partial charge on any atom is -0.466 e. The van der Waals surface area contributed by atoms with E-state index in [0.29, 0.717) is 25.9 Å². The smallest absolute Gasteiger partial charge is 0.305 e. The van der Waals surface area contributed by atoms with Gasteiger partial charge in [0.25, 0.3) is 0 Å². The molecular weight excluding hydrogens is 1140 g/mol. The molecule has 0 aromatic carbocycles. The summed E-state index contributed by atoms with van der Waals surface area (Å²) in [6, 6.07) is -0.538. The predicted molar refractivity (Wildman–Crippen MR) is 412 cm³/mol. The van der Waals surface area contributed by atoms with Crippen LogP contribution < -0.4 is 5.32 Å². The highest BCUT2D eigenvalue weighted by atomic mass is 16.5. The number of aliphatic hydroxyl groups excluding tert-OH is 2. The van der Waals surface area contributed by atoms with Gasteiger partial charge >= 0.3 is 5.97 Å². The van der Waals surface area contributed by atoms with Crippen molar-refractivity contribution in [1.82, 2.24) is 5.32 Å². The van der Waals surface area contributed by atoms with Crippen molar-refractivity contribution in [3.05, 3.63) is 24.3 Å². The molecule has 3 N–H and O–H groups in total. The molecule has 0 spiro atoms. The fraction of sp³-hybridized carbons (Fsp3) is 0.931. The van der Waals surface area contributed by atoms with E-state index in [9.17, 15) is 19.8 Å². The molecule has 0 saturated heterocycles. The first-order valence-corrected chi connectivity index (χ1v) is 43.1. The maximum atomic E-state index is 12.6. The van der Waals surface area contributed by atoms with Gasteiger partial charge in [-0.25, -0.2) is 0 Å². The first-order chi connectivity index (χ1) is 46.0. The standard InChI is InChI=1S/C87H169NO5/c1-3-5-7-9-11-13-15-17-19-20-21-22-40-43-46-49-52-55-59-63-67-71-75-79-85(90)84(83-89)88-86(91)80-76-72-68-64-60-56-53-50-47-44-41-38-36-34-32-30-28-26-24-23-25-27-29-31-33-35-37-39-42-45-48-51-54-58-62-66-70-74-78-82-93-87(92)81-77-73-69-65-61-57-18-16-14-12-10-8-6-4-2/h10,12,16,18,84-85,89-90H,3-9,11,13-15,17,19-83H2,1-2H3,(H,88,91)/b12-10-,18-16-. The van der Waals surface area contributed by atoms with Crippen LogP contribution >= 0.6 is 0 Å². The molecular formula is C87H169NO5. The summed E-state index contributed by atoms with van der Waals surface area (Å²) in [5.41, 5.74) is 0. The maximum Gasteiger partial charge on any atom is 0.305 e. The summed E-state index contributed by atoms with van der Waals surface area (Å²) < 4.78 is 5.49. The Kier molecular flexibility index (Phi) is 81.3. The molecule has 93 heavy (non-hydrogen) atoms. The molecule has 2 atom stereocenters. The highest BCUT2D eigenvalue weighted by Crippen LogP contribution is 2.21. The summed E-state index contributed by atoms with van der Waals surface area (Å²) in [5.74, 6) is -0.0123. The molecule has 6 nitrogen and oxygen atoms in total. The second kappa shape index (κ2) is 82.8. The van der Waals surface area contributed by atoms with E-state index in [2.05, 4.69) is 43.5 Å². The third-order valence-electron chi connectivity index (χ3n) is 20.5. The minimum atomic E-state index is -0.661. The van der Waals surface area contributed by atoms with Gasteiger partial charge in [-0.3, -0.25) is 9.59 Å². The molecule has 0 rings (SSSR count). The van der Waals surface area contributed by atoms with Crippen LogP contribution in [-0.4, -0.2) is 47.4 Å². The highest BCUT2D eigenvalue weighted by Gasteiger charge is 2.20. The fourth-order valence-corrected chi connectivity index (χ4v) is 14.0. The second-order valence-corrected chi connectivity index (χ2v) is 29.9. The maximum absolute atomic E-state index is 12.6. The summed E-state index contributed by atoms with van der Waals surface area (Å²) in [6.07, 6.45) is 107. The van der Waals surface area contributed by atoms with E-state index in [-0.39, 0.29) is 18.5 Å². The molecule has 0 heterocycles. The first-order valence-electron chi connectivity index (χ1n) is 43.1.